The first-order valence-electron chi connectivity index (χ1n) is 14.3. The normalized spacial score (nSPS) is 12.1. The Morgan fingerprint density at radius 2 is 0.969 bits per heavy atom. The number of rotatable bonds is 26. The van der Waals surface area contributed by atoms with Gasteiger partial charge in [0.25, 0.3) is 0 Å². The molecule has 0 aromatic heterocycles. The number of ether oxygens (including phenoxy) is 1. The minimum atomic E-state index is -0.262. The molecule has 0 rings (SSSR count). The smallest absolute Gasteiger partial charge is 0.306 e. The lowest BCUT2D eigenvalue weighted by Crippen LogP contribution is -2.18. The highest BCUT2D eigenvalue weighted by Gasteiger charge is 2.14. The van der Waals surface area contributed by atoms with Gasteiger partial charge < -0.3 is 4.74 Å². The zero-order valence-corrected chi connectivity index (χ0v) is 21.8. The fourth-order valence-corrected chi connectivity index (χ4v) is 4.33. The minimum Gasteiger partial charge on any atom is -0.462 e. The molecule has 0 fully saturated rings. The highest BCUT2D eigenvalue weighted by Crippen LogP contribution is 2.16. The van der Waals surface area contributed by atoms with E-state index in [2.05, 4.69) is 13.8 Å². The minimum absolute atomic E-state index is 0.132. The van der Waals surface area contributed by atoms with E-state index in [0.29, 0.717) is 6.42 Å². The van der Waals surface area contributed by atoms with Gasteiger partial charge in [-0.25, -0.2) is 0 Å². The van der Waals surface area contributed by atoms with Crippen LogP contribution in [0.15, 0.2) is 0 Å². The van der Waals surface area contributed by atoms with Crippen molar-refractivity contribution in [2.45, 2.75) is 174 Å². The number of esters is 1. The van der Waals surface area contributed by atoms with Gasteiger partial charge in [0.1, 0.15) is 6.10 Å². The van der Waals surface area contributed by atoms with Crippen LogP contribution < -0.4 is 0 Å². The lowest BCUT2D eigenvalue weighted by Gasteiger charge is -2.15. The Hall–Kier alpha value is -0.860. The van der Waals surface area contributed by atoms with Crippen LogP contribution in [-0.4, -0.2) is 18.4 Å². The van der Waals surface area contributed by atoms with Crippen LogP contribution in [0, 0.1) is 0 Å². The van der Waals surface area contributed by atoms with Crippen molar-refractivity contribution < 1.29 is 14.3 Å². The summed E-state index contributed by atoms with van der Waals surface area (Å²) in [6.45, 7) is 4.51. The average molecular weight is 452 g/mol. The van der Waals surface area contributed by atoms with Crippen LogP contribution in [-0.2, 0) is 14.3 Å². The summed E-state index contributed by atoms with van der Waals surface area (Å²) in [7, 11) is 0. The van der Waals surface area contributed by atoms with Crippen molar-refractivity contribution in [3.63, 3.8) is 0 Å². The second-order valence-corrected chi connectivity index (χ2v) is 9.72. The van der Waals surface area contributed by atoms with E-state index in [4.69, 9.17) is 4.74 Å². The van der Waals surface area contributed by atoms with Crippen molar-refractivity contribution >= 4 is 12.3 Å². The summed E-state index contributed by atoms with van der Waals surface area (Å²) in [6, 6.07) is 0. The molecule has 0 spiro atoms. The predicted octanol–water partition coefficient (Wildman–Crippen LogP) is 9.41. The van der Waals surface area contributed by atoms with Crippen LogP contribution in [0.5, 0.6) is 0 Å². The van der Waals surface area contributed by atoms with E-state index in [1.807, 2.05) is 6.29 Å². The third kappa shape index (κ3) is 23.8. The van der Waals surface area contributed by atoms with Crippen LogP contribution in [0.1, 0.15) is 168 Å². The topological polar surface area (TPSA) is 43.4 Å². The van der Waals surface area contributed by atoms with Crippen LogP contribution in [0.2, 0.25) is 0 Å². The SMILES string of the molecule is CCCCCCCCCCCCCCCC(=O)OC(C[C]=O)CCCCCCCCCC. The number of carbonyl (C=O) groups excluding carboxylic acids is 2. The average Bonchev–Trinajstić information content (AvgIpc) is 2.78. The summed E-state index contributed by atoms with van der Waals surface area (Å²) in [5.74, 6) is -0.132. The number of hydrogen-bond acceptors (Lipinski definition) is 3. The predicted molar refractivity (Wildman–Crippen MR) is 138 cm³/mol. The number of carbonyl (C=O) groups is 1. The van der Waals surface area contributed by atoms with Crippen molar-refractivity contribution in [3.8, 4) is 0 Å². The zero-order chi connectivity index (χ0) is 23.5. The van der Waals surface area contributed by atoms with Crippen LogP contribution in [0.4, 0.5) is 0 Å². The molecule has 0 saturated carbocycles. The first kappa shape index (κ1) is 31.1. The third-order valence-corrected chi connectivity index (χ3v) is 6.47. The molecular weight excluding hydrogens is 396 g/mol. The summed E-state index contributed by atoms with van der Waals surface area (Å²) in [5, 5.41) is 0. The Labute approximate surface area is 200 Å². The van der Waals surface area contributed by atoms with Gasteiger partial charge in [-0.1, -0.05) is 136 Å². The van der Waals surface area contributed by atoms with Gasteiger partial charge in [-0.3, -0.25) is 9.59 Å². The van der Waals surface area contributed by atoms with Gasteiger partial charge in [0.15, 0.2) is 0 Å². The van der Waals surface area contributed by atoms with Gasteiger partial charge in [-0.15, -0.1) is 0 Å². The number of hydrogen-bond donors (Lipinski definition) is 0. The molecule has 1 unspecified atom stereocenters. The van der Waals surface area contributed by atoms with Crippen molar-refractivity contribution in [1.82, 2.24) is 0 Å². The van der Waals surface area contributed by atoms with Crippen LogP contribution in [0.25, 0.3) is 0 Å². The standard InChI is InChI=1S/C29H55O3/c1-3-5-7-9-11-13-14-15-16-17-19-21-23-25-29(31)32-28(26-27-30)24-22-20-18-12-10-8-6-4-2/h28H,3-26H2,1-2H3. The Morgan fingerprint density at radius 1 is 0.594 bits per heavy atom. The molecule has 0 aromatic rings. The van der Waals surface area contributed by atoms with E-state index >= 15 is 0 Å². The number of unbranched alkanes of at least 4 members (excludes halogenated alkanes) is 19. The van der Waals surface area contributed by atoms with Gasteiger partial charge in [-0.2, -0.15) is 0 Å². The van der Waals surface area contributed by atoms with Crippen molar-refractivity contribution in [3.05, 3.63) is 0 Å². The molecule has 189 valence electrons. The van der Waals surface area contributed by atoms with E-state index in [0.717, 1.165) is 32.1 Å². The monoisotopic (exact) mass is 451 g/mol. The molecule has 0 bridgehead atoms. The van der Waals surface area contributed by atoms with Crippen molar-refractivity contribution in [2.75, 3.05) is 0 Å². The largest absolute Gasteiger partial charge is 0.462 e. The lowest BCUT2D eigenvalue weighted by molar-refractivity contribution is -0.149. The second-order valence-electron chi connectivity index (χ2n) is 9.72. The van der Waals surface area contributed by atoms with Crippen molar-refractivity contribution in [1.29, 1.82) is 0 Å². The molecule has 1 atom stereocenters. The molecule has 0 saturated heterocycles. The molecule has 0 aromatic carbocycles. The van der Waals surface area contributed by atoms with Gasteiger partial charge in [0.2, 0.25) is 6.29 Å². The van der Waals surface area contributed by atoms with E-state index in [-0.39, 0.29) is 18.5 Å². The summed E-state index contributed by atoms with van der Waals surface area (Å²) in [4.78, 5) is 22.9. The second kappa shape index (κ2) is 26.4. The highest BCUT2D eigenvalue weighted by atomic mass is 16.5. The zero-order valence-electron chi connectivity index (χ0n) is 21.8. The van der Waals surface area contributed by atoms with E-state index in [1.54, 1.807) is 0 Å². The molecule has 0 N–H and O–H groups in total. The maximum atomic E-state index is 12.1. The maximum absolute atomic E-state index is 12.1. The molecule has 3 heteroatoms. The maximum Gasteiger partial charge on any atom is 0.306 e. The fourth-order valence-electron chi connectivity index (χ4n) is 4.33. The molecule has 3 nitrogen and oxygen atoms in total. The molecule has 0 aliphatic heterocycles. The van der Waals surface area contributed by atoms with E-state index in [1.165, 1.54) is 109 Å². The quantitative estimate of drug-likeness (QED) is 0.0971. The van der Waals surface area contributed by atoms with E-state index in [9.17, 15) is 9.59 Å². The fraction of sp³-hybridized carbons (Fsp3) is 0.931. The van der Waals surface area contributed by atoms with Crippen LogP contribution in [0.3, 0.4) is 0 Å². The first-order chi connectivity index (χ1) is 15.7. The van der Waals surface area contributed by atoms with Crippen LogP contribution >= 0.6 is 0 Å². The Balaban J connectivity index is 3.54. The Morgan fingerprint density at radius 3 is 1.38 bits per heavy atom. The summed E-state index contributed by atoms with van der Waals surface area (Å²) >= 11 is 0. The van der Waals surface area contributed by atoms with E-state index < -0.39 is 0 Å². The molecule has 32 heavy (non-hydrogen) atoms. The van der Waals surface area contributed by atoms with Gasteiger partial charge in [-0.05, 0) is 19.3 Å². The summed E-state index contributed by atoms with van der Waals surface area (Å²) in [5.41, 5.74) is 0. The van der Waals surface area contributed by atoms with Crippen molar-refractivity contribution in [2.24, 2.45) is 0 Å². The Bertz CT molecular complexity index is 394. The van der Waals surface area contributed by atoms with Gasteiger partial charge in [0.05, 0.1) is 6.42 Å². The Kier molecular flexibility index (Phi) is 25.7. The summed E-state index contributed by atoms with van der Waals surface area (Å²) in [6.07, 6.45) is 30.2. The molecular formula is C29H55O3. The first-order valence-corrected chi connectivity index (χ1v) is 14.3. The molecule has 0 amide bonds. The molecule has 1 radical (unpaired) electrons. The molecule has 0 aliphatic rings. The molecule has 0 aliphatic carbocycles. The molecule has 0 heterocycles. The highest BCUT2D eigenvalue weighted by molar-refractivity contribution is 5.69. The third-order valence-electron chi connectivity index (χ3n) is 6.47. The lowest BCUT2D eigenvalue weighted by atomic mass is 10.0. The summed E-state index contributed by atoms with van der Waals surface area (Å²) < 4.78 is 5.56. The van der Waals surface area contributed by atoms with Gasteiger partial charge >= 0.3 is 5.97 Å². The van der Waals surface area contributed by atoms with Gasteiger partial charge in [0, 0.05) is 6.42 Å².